The van der Waals surface area contributed by atoms with Crippen molar-refractivity contribution in [1.29, 1.82) is 0 Å². The number of carbonyl (C=O) groups is 2. The van der Waals surface area contributed by atoms with Crippen molar-refractivity contribution >= 4 is 21.6 Å². The predicted octanol–water partition coefficient (Wildman–Crippen LogP) is 2.39. The summed E-state index contributed by atoms with van der Waals surface area (Å²) in [6.45, 7) is 4.24. The highest BCUT2D eigenvalue weighted by Crippen LogP contribution is 2.63. The number of nitrogens with one attached hydrogen (secondary N) is 1. The molecule has 0 amide bonds. The quantitative estimate of drug-likeness (QED) is 0.801. The normalized spacial score (nSPS) is 45.0. The highest BCUT2D eigenvalue weighted by atomic mass is 32.2. The Labute approximate surface area is 155 Å². The third-order valence-corrected chi connectivity index (χ3v) is 8.38. The average molecular weight is 378 g/mol. The fourth-order valence-electron chi connectivity index (χ4n) is 6.42. The van der Waals surface area contributed by atoms with Crippen LogP contribution in [0.3, 0.4) is 0 Å². The van der Waals surface area contributed by atoms with Crippen LogP contribution in [0.5, 0.6) is 0 Å². The molecule has 0 aromatic carbocycles. The molecule has 142 valence electrons. The van der Waals surface area contributed by atoms with Crippen LogP contribution in [0.1, 0.15) is 46.0 Å². The van der Waals surface area contributed by atoms with E-state index in [4.69, 9.17) is 0 Å². The van der Waals surface area contributed by atoms with E-state index in [-0.39, 0.29) is 22.7 Å². The highest BCUT2D eigenvalue weighted by molar-refractivity contribution is 7.88. The highest BCUT2D eigenvalue weighted by Gasteiger charge is 2.60. The first-order valence-electron chi connectivity index (χ1n) is 9.50. The lowest BCUT2D eigenvalue weighted by Gasteiger charge is -2.57. The zero-order valence-electron chi connectivity index (χ0n) is 15.6. The Morgan fingerprint density at radius 1 is 1.15 bits per heavy atom. The van der Waals surface area contributed by atoms with Gasteiger partial charge in [-0.25, -0.2) is 13.1 Å². The molecular weight excluding hydrogens is 350 g/mol. The first kappa shape index (κ1) is 18.1. The summed E-state index contributed by atoms with van der Waals surface area (Å²) < 4.78 is 26.7. The predicted molar refractivity (Wildman–Crippen MR) is 98.8 cm³/mol. The molecule has 4 aliphatic rings. The minimum atomic E-state index is -3.40. The summed E-state index contributed by atoms with van der Waals surface area (Å²) in [6, 6.07) is -0.372. The van der Waals surface area contributed by atoms with E-state index in [1.807, 2.05) is 6.08 Å². The van der Waals surface area contributed by atoms with Crippen molar-refractivity contribution in [3.63, 3.8) is 0 Å². The standard InChI is InChI=1S/C20H27NO4S/c1-19-8-6-12(22)10-16(19)17(21-26(3,24)25)11-13-14-4-5-18(23)20(14,2)9-7-15(13)19/h6,8,10,13-15,17,21H,4-5,7,9,11H2,1-3H3/t13-,14-,15-,17-,19+,20-/m0/s1. The maximum absolute atomic E-state index is 12.5. The van der Waals surface area contributed by atoms with Gasteiger partial charge >= 0.3 is 0 Å². The molecule has 0 aromatic rings. The van der Waals surface area contributed by atoms with Crippen molar-refractivity contribution in [2.24, 2.45) is 28.6 Å². The number of rotatable bonds is 2. The van der Waals surface area contributed by atoms with E-state index >= 15 is 0 Å². The molecule has 1 N–H and O–H groups in total. The molecule has 0 bridgehead atoms. The van der Waals surface area contributed by atoms with Gasteiger partial charge < -0.3 is 0 Å². The smallest absolute Gasteiger partial charge is 0.209 e. The van der Waals surface area contributed by atoms with Gasteiger partial charge in [0, 0.05) is 23.3 Å². The molecule has 3 saturated carbocycles. The molecule has 3 fully saturated rings. The minimum absolute atomic E-state index is 0.0760. The number of allylic oxidation sites excluding steroid dienone is 3. The van der Waals surface area contributed by atoms with Crippen molar-refractivity contribution in [3.8, 4) is 0 Å². The lowest BCUT2D eigenvalue weighted by atomic mass is 9.47. The van der Waals surface area contributed by atoms with Gasteiger partial charge in [-0.1, -0.05) is 19.9 Å². The first-order chi connectivity index (χ1) is 12.0. The van der Waals surface area contributed by atoms with Crippen LogP contribution in [-0.4, -0.2) is 32.3 Å². The number of sulfonamides is 1. The van der Waals surface area contributed by atoms with Crippen molar-refractivity contribution in [2.75, 3.05) is 6.26 Å². The molecule has 0 radical (unpaired) electrons. The van der Waals surface area contributed by atoms with Gasteiger partial charge in [-0.15, -0.1) is 0 Å². The van der Waals surface area contributed by atoms with Gasteiger partial charge in [-0.2, -0.15) is 0 Å². The van der Waals surface area contributed by atoms with Gasteiger partial charge in [-0.3, -0.25) is 9.59 Å². The fraction of sp³-hybridized carbons (Fsp3) is 0.700. The maximum atomic E-state index is 12.5. The van der Waals surface area contributed by atoms with Crippen molar-refractivity contribution in [1.82, 2.24) is 4.72 Å². The Morgan fingerprint density at radius 2 is 1.88 bits per heavy atom. The van der Waals surface area contributed by atoms with Gasteiger partial charge in [0.2, 0.25) is 10.0 Å². The van der Waals surface area contributed by atoms with Crippen LogP contribution in [0.15, 0.2) is 23.8 Å². The molecule has 0 saturated heterocycles. The topological polar surface area (TPSA) is 80.3 Å². The maximum Gasteiger partial charge on any atom is 0.209 e. The summed E-state index contributed by atoms with van der Waals surface area (Å²) in [7, 11) is -3.40. The molecule has 0 aromatic heterocycles. The summed E-state index contributed by atoms with van der Waals surface area (Å²) in [5.74, 6) is 1.24. The van der Waals surface area contributed by atoms with Crippen LogP contribution in [0.2, 0.25) is 0 Å². The number of hydrogen-bond acceptors (Lipinski definition) is 4. The van der Waals surface area contributed by atoms with Gasteiger partial charge in [-0.05, 0) is 61.2 Å². The fourth-order valence-corrected chi connectivity index (χ4v) is 7.16. The molecule has 4 aliphatic carbocycles. The van der Waals surface area contributed by atoms with Crippen LogP contribution in [-0.2, 0) is 19.6 Å². The van der Waals surface area contributed by atoms with Gasteiger partial charge in [0.05, 0.1) is 6.26 Å². The molecule has 6 heteroatoms. The van der Waals surface area contributed by atoms with Crippen LogP contribution >= 0.6 is 0 Å². The van der Waals surface area contributed by atoms with Crippen LogP contribution < -0.4 is 4.72 Å². The van der Waals surface area contributed by atoms with Gasteiger partial charge in [0.15, 0.2) is 5.78 Å². The molecule has 0 heterocycles. The second-order valence-corrected chi connectivity index (χ2v) is 10.9. The lowest BCUT2D eigenvalue weighted by molar-refractivity contribution is -0.131. The number of fused-ring (bicyclic) bond motifs is 5. The molecule has 4 rings (SSSR count). The SMILES string of the molecule is C[C@]12C=CC(=O)C=C1[C@@H](NS(C)(=O)=O)C[C@@H]1[C@@H]2CC[C@]2(C)C(=O)CC[C@@H]12. The van der Waals surface area contributed by atoms with Crippen molar-refractivity contribution < 1.29 is 18.0 Å². The van der Waals surface area contributed by atoms with E-state index in [1.165, 1.54) is 6.26 Å². The Morgan fingerprint density at radius 3 is 2.58 bits per heavy atom. The Balaban J connectivity index is 1.78. The van der Waals surface area contributed by atoms with E-state index in [0.717, 1.165) is 24.8 Å². The van der Waals surface area contributed by atoms with E-state index in [2.05, 4.69) is 18.6 Å². The average Bonchev–Trinajstić information content (AvgIpc) is 2.83. The minimum Gasteiger partial charge on any atom is -0.299 e. The summed E-state index contributed by atoms with van der Waals surface area (Å²) in [5.41, 5.74) is 0.305. The van der Waals surface area contributed by atoms with Crippen LogP contribution in [0.25, 0.3) is 0 Å². The Bertz CT molecular complexity index is 842. The largest absolute Gasteiger partial charge is 0.299 e. The second kappa shape index (κ2) is 5.61. The summed E-state index contributed by atoms with van der Waals surface area (Å²) in [4.78, 5) is 24.6. The molecule has 0 aliphatic heterocycles. The van der Waals surface area contributed by atoms with E-state index in [0.29, 0.717) is 36.4 Å². The zero-order chi connectivity index (χ0) is 18.9. The monoisotopic (exact) mass is 377 g/mol. The molecule has 26 heavy (non-hydrogen) atoms. The summed E-state index contributed by atoms with van der Waals surface area (Å²) in [6.07, 6.45) is 10.5. The Kier molecular flexibility index (Phi) is 3.91. The number of hydrogen-bond donors (Lipinski definition) is 1. The van der Waals surface area contributed by atoms with E-state index in [9.17, 15) is 18.0 Å². The first-order valence-corrected chi connectivity index (χ1v) is 11.4. The third kappa shape index (κ3) is 2.56. The summed E-state index contributed by atoms with van der Waals surface area (Å²) >= 11 is 0. The van der Waals surface area contributed by atoms with Gasteiger partial charge in [0.1, 0.15) is 5.78 Å². The molecule has 0 unspecified atom stereocenters. The molecular formula is C20H27NO4S. The molecule has 6 atom stereocenters. The number of Topliss-reactive ketones (excluding diaryl/α,β-unsaturated/α-hetero) is 1. The van der Waals surface area contributed by atoms with Gasteiger partial charge in [0.25, 0.3) is 0 Å². The number of ketones is 2. The van der Waals surface area contributed by atoms with Crippen LogP contribution in [0.4, 0.5) is 0 Å². The summed E-state index contributed by atoms with van der Waals surface area (Å²) in [5, 5.41) is 0. The zero-order valence-corrected chi connectivity index (χ0v) is 16.4. The van der Waals surface area contributed by atoms with Crippen molar-refractivity contribution in [3.05, 3.63) is 23.8 Å². The van der Waals surface area contributed by atoms with Crippen LogP contribution in [0, 0.1) is 28.6 Å². The molecule has 0 spiro atoms. The van der Waals surface area contributed by atoms with E-state index < -0.39 is 10.0 Å². The second-order valence-electron chi connectivity index (χ2n) is 9.09. The Hall–Kier alpha value is -1.27. The van der Waals surface area contributed by atoms with Crippen molar-refractivity contribution in [2.45, 2.75) is 52.0 Å². The van der Waals surface area contributed by atoms with E-state index in [1.54, 1.807) is 12.2 Å². The lowest BCUT2D eigenvalue weighted by Crippen LogP contribution is -2.56. The molecule has 5 nitrogen and oxygen atoms in total. The number of carbonyl (C=O) groups excluding carboxylic acids is 2. The third-order valence-electron chi connectivity index (χ3n) is 7.67.